The van der Waals surface area contributed by atoms with Crippen LogP contribution >= 0.6 is 0 Å². The van der Waals surface area contributed by atoms with Gasteiger partial charge >= 0.3 is 0 Å². The van der Waals surface area contributed by atoms with Crippen LogP contribution in [-0.4, -0.2) is 11.8 Å². The van der Waals surface area contributed by atoms with Crippen molar-refractivity contribution in [2.75, 3.05) is 10.6 Å². The van der Waals surface area contributed by atoms with Crippen molar-refractivity contribution in [2.24, 2.45) is 0 Å². The van der Waals surface area contributed by atoms with Gasteiger partial charge in [0, 0.05) is 25.4 Å². The van der Waals surface area contributed by atoms with Crippen molar-refractivity contribution in [2.45, 2.75) is 20.4 Å². The largest absolute Gasteiger partial charge is 0.399 e. The minimum absolute atomic E-state index is 0.161. The van der Waals surface area contributed by atoms with Crippen LogP contribution in [0.15, 0.2) is 60.3 Å². The van der Waals surface area contributed by atoms with Gasteiger partial charge in [0.05, 0.1) is 5.69 Å². The van der Waals surface area contributed by atoms with Gasteiger partial charge in [-0.15, -0.1) is 0 Å². The van der Waals surface area contributed by atoms with Crippen molar-refractivity contribution < 1.29 is 9.59 Å². The van der Waals surface area contributed by atoms with Crippen molar-refractivity contribution in [1.82, 2.24) is 5.32 Å². The predicted molar refractivity (Wildman–Crippen MR) is 101 cm³/mol. The average molecular weight is 348 g/mol. The number of hydrogen-bond acceptors (Lipinski definition) is 5. The Hall–Kier alpha value is -3.59. The molecule has 132 valence electrons. The van der Waals surface area contributed by atoms with Gasteiger partial charge in [-0.2, -0.15) is 5.26 Å². The summed E-state index contributed by atoms with van der Waals surface area (Å²) in [5.74, 6) is -1.18. The van der Waals surface area contributed by atoms with Crippen LogP contribution < -0.4 is 16.0 Å². The molecule has 2 aromatic carbocycles. The minimum Gasteiger partial charge on any atom is -0.399 e. The molecule has 6 heteroatoms. The lowest BCUT2D eigenvalue weighted by Crippen LogP contribution is -2.36. The van der Waals surface area contributed by atoms with Crippen LogP contribution in [0.4, 0.5) is 11.4 Å². The summed E-state index contributed by atoms with van der Waals surface area (Å²) >= 11 is 0. The maximum Gasteiger partial charge on any atom is 0.277 e. The molecule has 0 spiro atoms. The fourth-order valence-electron chi connectivity index (χ4n) is 2.40. The lowest BCUT2D eigenvalue weighted by Gasteiger charge is -2.19. The van der Waals surface area contributed by atoms with Crippen molar-refractivity contribution >= 4 is 23.2 Å². The smallest absolute Gasteiger partial charge is 0.277 e. The first-order valence-electron chi connectivity index (χ1n) is 8.02. The van der Waals surface area contributed by atoms with Crippen molar-refractivity contribution in [3.8, 4) is 6.07 Å². The number of nitriles is 1. The van der Waals surface area contributed by atoms with Gasteiger partial charge in [0.1, 0.15) is 11.6 Å². The van der Waals surface area contributed by atoms with E-state index >= 15 is 0 Å². The first-order chi connectivity index (χ1) is 12.4. The number of imide groups is 1. The van der Waals surface area contributed by atoms with Crippen LogP contribution in [0.25, 0.3) is 0 Å². The second-order valence-corrected chi connectivity index (χ2v) is 5.73. The summed E-state index contributed by atoms with van der Waals surface area (Å²) in [5.41, 5.74) is 8.50. The van der Waals surface area contributed by atoms with Crippen molar-refractivity contribution in [1.29, 1.82) is 5.26 Å². The van der Waals surface area contributed by atoms with E-state index in [-0.39, 0.29) is 5.57 Å². The van der Waals surface area contributed by atoms with Gasteiger partial charge < -0.3 is 11.1 Å². The summed E-state index contributed by atoms with van der Waals surface area (Å²) in [4.78, 5) is 25.5. The molecule has 0 fully saturated rings. The normalized spacial score (nSPS) is 10.7. The first-order valence-corrected chi connectivity index (χ1v) is 8.02. The molecule has 26 heavy (non-hydrogen) atoms. The molecule has 0 unspecified atom stereocenters. The van der Waals surface area contributed by atoms with Gasteiger partial charge in [0.2, 0.25) is 5.91 Å². The maximum atomic E-state index is 12.7. The Labute approximate surface area is 152 Å². The van der Waals surface area contributed by atoms with E-state index in [2.05, 4.69) is 5.32 Å². The molecule has 0 aromatic heterocycles. The number of nitrogens with two attached hydrogens (primary N) is 1. The molecule has 0 radical (unpaired) electrons. The molecular weight excluding hydrogens is 328 g/mol. The highest BCUT2D eigenvalue weighted by Crippen LogP contribution is 2.19. The fourth-order valence-corrected chi connectivity index (χ4v) is 2.40. The number of nitrogens with zero attached hydrogens (tertiary/aromatic N) is 2. The van der Waals surface area contributed by atoms with E-state index in [1.807, 2.05) is 37.3 Å². The van der Waals surface area contributed by atoms with E-state index < -0.39 is 11.8 Å². The minimum atomic E-state index is -0.693. The standard InChI is InChI=1S/C20H20N4O2/c1-14-5-3-4-6-16(14)12-23-13-17(11-21)20(26)24(15(2)25)19-9-7-18(22)8-10-19/h3-10,13,23H,12,22H2,1-2H3/b17-13-. The predicted octanol–water partition coefficient (Wildman–Crippen LogP) is 2.65. The summed E-state index contributed by atoms with van der Waals surface area (Å²) in [5, 5.41) is 12.3. The molecule has 6 nitrogen and oxygen atoms in total. The number of amides is 2. The number of aryl methyl sites for hydroxylation is 1. The number of carbonyl (C=O) groups is 2. The number of anilines is 2. The molecule has 0 aliphatic rings. The van der Waals surface area contributed by atoms with Crippen LogP contribution in [0.5, 0.6) is 0 Å². The third kappa shape index (κ3) is 4.48. The quantitative estimate of drug-likeness (QED) is 0.492. The van der Waals surface area contributed by atoms with E-state index in [4.69, 9.17) is 5.73 Å². The summed E-state index contributed by atoms with van der Waals surface area (Å²) in [6, 6.07) is 15.9. The van der Waals surface area contributed by atoms with E-state index in [9.17, 15) is 14.9 Å². The Kier molecular flexibility index (Phi) is 6.12. The van der Waals surface area contributed by atoms with Gasteiger partial charge in [-0.05, 0) is 42.3 Å². The van der Waals surface area contributed by atoms with Crippen LogP contribution in [0.1, 0.15) is 18.1 Å². The monoisotopic (exact) mass is 348 g/mol. The highest BCUT2D eigenvalue weighted by molar-refractivity contribution is 6.21. The van der Waals surface area contributed by atoms with Crippen molar-refractivity contribution in [3.05, 3.63) is 71.4 Å². The number of rotatable bonds is 5. The Morgan fingerprint density at radius 1 is 1.19 bits per heavy atom. The average Bonchev–Trinajstić information content (AvgIpc) is 2.61. The number of carbonyl (C=O) groups excluding carboxylic acids is 2. The van der Waals surface area contributed by atoms with Gasteiger partial charge in [-0.25, -0.2) is 4.90 Å². The van der Waals surface area contributed by atoms with Gasteiger partial charge in [0.15, 0.2) is 0 Å². The summed E-state index contributed by atoms with van der Waals surface area (Å²) in [6.45, 7) is 3.72. The second-order valence-electron chi connectivity index (χ2n) is 5.73. The molecule has 3 N–H and O–H groups in total. The number of benzene rings is 2. The van der Waals surface area contributed by atoms with Gasteiger partial charge in [-0.3, -0.25) is 9.59 Å². The van der Waals surface area contributed by atoms with Crippen LogP contribution in [0, 0.1) is 18.3 Å². The SMILES string of the molecule is CC(=O)N(C(=O)/C(C#N)=C\NCc1ccccc1C)c1ccc(N)cc1. The Balaban J connectivity index is 2.19. The third-order valence-corrected chi connectivity index (χ3v) is 3.82. The lowest BCUT2D eigenvalue weighted by molar-refractivity contribution is -0.123. The molecule has 2 amide bonds. The third-order valence-electron chi connectivity index (χ3n) is 3.82. The summed E-state index contributed by atoms with van der Waals surface area (Å²) in [7, 11) is 0. The lowest BCUT2D eigenvalue weighted by atomic mass is 10.1. The zero-order valence-corrected chi connectivity index (χ0v) is 14.7. The van der Waals surface area contributed by atoms with E-state index in [1.165, 1.54) is 13.1 Å². The zero-order valence-electron chi connectivity index (χ0n) is 14.7. The number of nitrogen functional groups attached to an aromatic ring is 1. The maximum absolute atomic E-state index is 12.7. The van der Waals surface area contributed by atoms with Crippen molar-refractivity contribution in [3.63, 3.8) is 0 Å². The molecule has 0 bridgehead atoms. The van der Waals surface area contributed by atoms with Gasteiger partial charge in [-0.1, -0.05) is 24.3 Å². The fraction of sp³-hybridized carbons (Fsp3) is 0.150. The molecule has 0 saturated carbocycles. The summed E-state index contributed by atoms with van der Waals surface area (Å²) in [6.07, 6.45) is 1.34. The van der Waals surface area contributed by atoms with Crippen LogP contribution in [0.3, 0.4) is 0 Å². The Morgan fingerprint density at radius 2 is 1.85 bits per heavy atom. The molecule has 2 aromatic rings. The molecule has 2 rings (SSSR count). The Bertz CT molecular complexity index is 879. The molecule has 0 aliphatic carbocycles. The molecule has 0 aliphatic heterocycles. The van der Waals surface area contributed by atoms with E-state index in [0.717, 1.165) is 16.0 Å². The zero-order chi connectivity index (χ0) is 19.1. The molecule has 0 heterocycles. The molecular formula is C20H20N4O2. The first kappa shape index (κ1) is 18.7. The number of hydrogen-bond donors (Lipinski definition) is 2. The number of nitrogens with one attached hydrogen (secondary N) is 1. The van der Waals surface area contributed by atoms with Crippen LogP contribution in [-0.2, 0) is 16.1 Å². The molecule has 0 saturated heterocycles. The van der Waals surface area contributed by atoms with Crippen LogP contribution in [0.2, 0.25) is 0 Å². The highest BCUT2D eigenvalue weighted by atomic mass is 16.2. The second kappa shape index (κ2) is 8.49. The Morgan fingerprint density at radius 3 is 2.42 bits per heavy atom. The summed E-state index contributed by atoms with van der Waals surface area (Å²) < 4.78 is 0. The topological polar surface area (TPSA) is 99.2 Å². The molecule has 0 atom stereocenters. The van der Waals surface area contributed by atoms with E-state index in [0.29, 0.717) is 17.9 Å². The van der Waals surface area contributed by atoms with Gasteiger partial charge in [0.25, 0.3) is 5.91 Å². The van der Waals surface area contributed by atoms with E-state index in [1.54, 1.807) is 24.3 Å². The highest BCUT2D eigenvalue weighted by Gasteiger charge is 2.23.